The number of nitriles is 1. The molecule has 0 unspecified atom stereocenters. The molecule has 136 valence electrons. The fourth-order valence-corrected chi connectivity index (χ4v) is 3.16. The van der Waals surface area contributed by atoms with Crippen LogP contribution in [0, 0.1) is 17.1 Å². The number of oxazole rings is 1. The molecule has 1 amide bonds. The number of nitrogens with zero attached hydrogens (tertiary/aromatic N) is 4. The second-order valence-electron chi connectivity index (χ2n) is 5.57. The summed E-state index contributed by atoms with van der Waals surface area (Å²) in [5.74, 6) is -0.924. The fraction of sp³-hybridized carbons (Fsp3) is 0. The number of pyridine rings is 1. The lowest BCUT2D eigenvalue weighted by atomic mass is 10.1. The first-order valence-electron chi connectivity index (χ1n) is 7.97. The standard InChI is InChI=1S/C19H10FN5O2S/c20-13-3-1-12(2-4-13)16-17(27-10-23-16)18(26)25-19-24-15(9-28-19)14-7-11(8-21)5-6-22-14/h1-7,9-10H,(H,24,25,26). The summed E-state index contributed by atoms with van der Waals surface area (Å²) in [5.41, 5.74) is 2.39. The van der Waals surface area contributed by atoms with Gasteiger partial charge in [-0.15, -0.1) is 11.3 Å². The van der Waals surface area contributed by atoms with Crippen molar-refractivity contribution in [3.63, 3.8) is 0 Å². The lowest BCUT2D eigenvalue weighted by Gasteiger charge is -2.02. The smallest absolute Gasteiger partial charge is 0.295 e. The van der Waals surface area contributed by atoms with E-state index in [1.54, 1.807) is 17.5 Å². The maximum atomic E-state index is 13.1. The largest absolute Gasteiger partial charge is 0.438 e. The second-order valence-corrected chi connectivity index (χ2v) is 6.43. The lowest BCUT2D eigenvalue weighted by Crippen LogP contribution is -2.12. The lowest BCUT2D eigenvalue weighted by molar-refractivity contribution is 0.0997. The molecule has 0 aliphatic rings. The van der Waals surface area contributed by atoms with Crippen molar-refractivity contribution < 1.29 is 13.6 Å². The predicted octanol–water partition coefficient (Wildman–Crippen LogP) is 4.12. The molecule has 0 radical (unpaired) electrons. The van der Waals surface area contributed by atoms with Crippen LogP contribution in [0.3, 0.4) is 0 Å². The Bertz CT molecular complexity index is 1190. The number of carbonyl (C=O) groups excluding carboxylic acids is 1. The molecule has 7 nitrogen and oxygen atoms in total. The first-order chi connectivity index (χ1) is 13.6. The van der Waals surface area contributed by atoms with E-state index in [0.29, 0.717) is 33.3 Å². The van der Waals surface area contributed by atoms with Crippen LogP contribution in [0.25, 0.3) is 22.6 Å². The molecular weight excluding hydrogens is 381 g/mol. The fourth-order valence-electron chi connectivity index (χ4n) is 2.46. The molecule has 0 saturated heterocycles. The summed E-state index contributed by atoms with van der Waals surface area (Å²) in [6.07, 6.45) is 2.67. The highest BCUT2D eigenvalue weighted by atomic mass is 32.1. The molecule has 0 fully saturated rings. The highest BCUT2D eigenvalue weighted by molar-refractivity contribution is 7.14. The van der Waals surface area contributed by atoms with E-state index >= 15 is 0 Å². The molecule has 9 heteroatoms. The van der Waals surface area contributed by atoms with Crippen molar-refractivity contribution in [2.75, 3.05) is 5.32 Å². The van der Waals surface area contributed by atoms with Gasteiger partial charge in [0.1, 0.15) is 17.2 Å². The number of thiazole rings is 1. The number of benzene rings is 1. The molecule has 4 aromatic rings. The molecule has 1 N–H and O–H groups in total. The molecule has 0 aliphatic carbocycles. The number of anilines is 1. The summed E-state index contributed by atoms with van der Waals surface area (Å²) in [6.45, 7) is 0. The van der Waals surface area contributed by atoms with Crippen LogP contribution in [0.2, 0.25) is 0 Å². The Balaban J connectivity index is 1.56. The zero-order chi connectivity index (χ0) is 19.5. The van der Waals surface area contributed by atoms with Crippen molar-refractivity contribution in [2.45, 2.75) is 0 Å². The van der Waals surface area contributed by atoms with E-state index in [1.807, 2.05) is 6.07 Å². The van der Waals surface area contributed by atoms with Gasteiger partial charge in [-0.2, -0.15) is 5.26 Å². The van der Waals surface area contributed by atoms with Crippen LogP contribution in [0.4, 0.5) is 9.52 Å². The van der Waals surface area contributed by atoms with Crippen LogP contribution in [0.1, 0.15) is 16.1 Å². The van der Waals surface area contributed by atoms with Crippen LogP contribution >= 0.6 is 11.3 Å². The first kappa shape index (κ1) is 17.5. The normalized spacial score (nSPS) is 10.4. The molecule has 0 saturated carbocycles. The number of rotatable bonds is 4. The summed E-state index contributed by atoms with van der Waals surface area (Å²) < 4.78 is 18.3. The van der Waals surface area contributed by atoms with Crippen molar-refractivity contribution in [1.82, 2.24) is 15.0 Å². The SMILES string of the molecule is N#Cc1ccnc(-c2csc(NC(=O)c3ocnc3-c3ccc(F)cc3)n2)c1. The van der Waals surface area contributed by atoms with Gasteiger partial charge in [0.2, 0.25) is 5.76 Å². The summed E-state index contributed by atoms with van der Waals surface area (Å²) >= 11 is 1.21. The molecule has 0 spiro atoms. The van der Waals surface area contributed by atoms with Crippen molar-refractivity contribution in [2.24, 2.45) is 0 Å². The van der Waals surface area contributed by atoms with Gasteiger partial charge in [0.25, 0.3) is 5.91 Å². The minimum Gasteiger partial charge on any atom is -0.438 e. The monoisotopic (exact) mass is 391 g/mol. The maximum Gasteiger partial charge on any atom is 0.295 e. The van der Waals surface area contributed by atoms with Gasteiger partial charge < -0.3 is 4.42 Å². The molecule has 1 aromatic carbocycles. The third-order valence-corrected chi connectivity index (χ3v) is 4.53. The van der Waals surface area contributed by atoms with Gasteiger partial charge in [-0.05, 0) is 36.4 Å². The topological polar surface area (TPSA) is 105 Å². The third kappa shape index (κ3) is 3.49. The minimum absolute atomic E-state index is 0.00652. The Morgan fingerprint density at radius 1 is 1.18 bits per heavy atom. The van der Waals surface area contributed by atoms with E-state index in [9.17, 15) is 9.18 Å². The van der Waals surface area contributed by atoms with Crippen molar-refractivity contribution in [1.29, 1.82) is 5.26 Å². The van der Waals surface area contributed by atoms with Gasteiger partial charge in [-0.3, -0.25) is 15.1 Å². The number of hydrogen-bond acceptors (Lipinski definition) is 7. The van der Waals surface area contributed by atoms with Gasteiger partial charge in [0.15, 0.2) is 11.5 Å². The summed E-state index contributed by atoms with van der Waals surface area (Å²) in [4.78, 5) is 25.1. The molecule has 3 aromatic heterocycles. The third-order valence-electron chi connectivity index (χ3n) is 3.77. The Morgan fingerprint density at radius 3 is 2.79 bits per heavy atom. The van der Waals surface area contributed by atoms with Crippen molar-refractivity contribution in [3.8, 4) is 28.7 Å². The number of hydrogen-bond donors (Lipinski definition) is 1. The summed E-state index contributed by atoms with van der Waals surface area (Å²) in [5, 5.41) is 13.7. The second kappa shape index (κ2) is 7.38. The van der Waals surface area contributed by atoms with Crippen LogP contribution < -0.4 is 5.32 Å². The molecular formula is C19H10FN5O2S. The van der Waals surface area contributed by atoms with E-state index in [4.69, 9.17) is 9.68 Å². The molecule has 28 heavy (non-hydrogen) atoms. The van der Waals surface area contributed by atoms with E-state index in [-0.39, 0.29) is 11.6 Å². The average Bonchev–Trinajstić information content (AvgIpc) is 3.38. The molecule has 0 bridgehead atoms. The highest BCUT2D eigenvalue weighted by Gasteiger charge is 2.20. The minimum atomic E-state index is -0.531. The van der Waals surface area contributed by atoms with E-state index in [0.717, 1.165) is 6.39 Å². The van der Waals surface area contributed by atoms with Crippen LogP contribution in [-0.2, 0) is 0 Å². The summed E-state index contributed by atoms with van der Waals surface area (Å²) in [7, 11) is 0. The van der Waals surface area contributed by atoms with Gasteiger partial charge in [0.05, 0.1) is 17.3 Å². The number of amides is 1. The number of halogens is 1. The molecule has 3 heterocycles. The Labute approximate surface area is 162 Å². The van der Waals surface area contributed by atoms with E-state index < -0.39 is 5.91 Å². The number of carbonyl (C=O) groups is 1. The zero-order valence-corrected chi connectivity index (χ0v) is 14.9. The molecule has 0 atom stereocenters. The Morgan fingerprint density at radius 2 is 2.00 bits per heavy atom. The maximum absolute atomic E-state index is 13.1. The van der Waals surface area contributed by atoms with Crippen molar-refractivity contribution >= 4 is 22.4 Å². The first-order valence-corrected chi connectivity index (χ1v) is 8.85. The van der Waals surface area contributed by atoms with Gasteiger partial charge in [-0.25, -0.2) is 14.4 Å². The predicted molar refractivity (Wildman–Crippen MR) is 99.9 cm³/mol. The number of nitrogens with one attached hydrogen (secondary N) is 1. The van der Waals surface area contributed by atoms with Crippen molar-refractivity contribution in [3.05, 3.63) is 71.5 Å². The van der Waals surface area contributed by atoms with Crippen LogP contribution in [0.15, 0.2) is 58.8 Å². The number of aromatic nitrogens is 3. The average molecular weight is 391 g/mol. The van der Waals surface area contributed by atoms with Crippen LogP contribution in [0.5, 0.6) is 0 Å². The van der Waals surface area contributed by atoms with Gasteiger partial charge in [0, 0.05) is 17.1 Å². The van der Waals surface area contributed by atoms with Crippen LogP contribution in [-0.4, -0.2) is 20.9 Å². The van der Waals surface area contributed by atoms with Gasteiger partial charge in [-0.1, -0.05) is 0 Å². The Kier molecular flexibility index (Phi) is 4.62. The zero-order valence-electron chi connectivity index (χ0n) is 14.1. The highest BCUT2D eigenvalue weighted by Crippen LogP contribution is 2.26. The van der Waals surface area contributed by atoms with E-state index in [2.05, 4.69) is 20.3 Å². The molecule has 4 rings (SSSR count). The summed E-state index contributed by atoms with van der Waals surface area (Å²) in [6, 6.07) is 10.8. The quantitative estimate of drug-likeness (QED) is 0.561. The van der Waals surface area contributed by atoms with Gasteiger partial charge >= 0.3 is 0 Å². The Hall–Kier alpha value is -3.90. The molecule has 0 aliphatic heterocycles. The van der Waals surface area contributed by atoms with E-state index in [1.165, 1.54) is 41.8 Å².